The van der Waals surface area contributed by atoms with E-state index < -0.39 is 0 Å². The summed E-state index contributed by atoms with van der Waals surface area (Å²) in [4.78, 5) is 12.9. The molecule has 0 fully saturated rings. The van der Waals surface area contributed by atoms with Crippen LogP contribution < -0.4 is 11.1 Å². The predicted molar refractivity (Wildman–Crippen MR) is 71.6 cm³/mol. The lowest BCUT2D eigenvalue weighted by Crippen LogP contribution is -2.35. The first-order chi connectivity index (χ1) is 7.67. The largest absolute Gasteiger partial charge is 0.355 e. The molecule has 1 rings (SSSR count). The van der Waals surface area contributed by atoms with Crippen LogP contribution in [0.15, 0.2) is 15.9 Å². The number of nitrogens with two attached hydrogens (primary N) is 1. The van der Waals surface area contributed by atoms with Crippen molar-refractivity contribution < 1.29 is 4.79 Å². The predicted octanol–water partition coefficient (Wildman–Crippen LogP) is 2.15. The first kappa shape index (κ1) is 13.7. The molecule has 0 aliphatic rings. The van der Waals surface area contributed by atoms with E-state index in [1.165, 1.54) is 4.88 Å². The van der Waals surface area contributed by atoms with Gasteiger partial charge < -0.3 is 11.1 Å². The molecule has 0 radical (unpaired) electrons. The van der Waals surface area contributed by atoms with Crippen LogP contribution in [-0.2, 0) is 11.2 Å². The molecule has 0 saturated heterocycles. The molecule has 3 nitrogen and oxygen atoms in total. The number of amides is 1. The van der Waals surface area contributed by atoms with Gasteiger partial charge in [0.1, 0.15) is 0 Å². The molecule has 1 aromatic heterocycles. The molecule has 1 aromatic rings. The van der Waals surface area contributed by atoms with Crippen molar-refractivity contribution in [2.75, 3.05) is 13.1 Å². The van der Waals surface area contributed by atoms with E-state index in [0.717, 1.165) is 16.6 Å². The normalized spacial score (nSPS) is 12.4. The van der Waals surface area contributed by atoms with Crippen molar-refractivity contribution in [2.45, 2.75) is 19.8 Å². The summed E-state index contributed by atoms with van der Waals surface area (Å²) in [6.07, 6.45) is 1.68. The van der Waals surface area contributed by atoms with Crippen molar-refractivity contribution in [3.8, 4) is 0 Å². The average Bonchev–Trinajstić information content (AvgIpc) is 2.66. The van der Waals surface area contributed by atoms with Crippen LogP contribution in [0.2, 0.25) is 0 Å². The summed E-state index contributed by atoms with van der Waals surface area (Å²) in [7, 11) is 0. The summed E-state index contributed by atoms with van der Waals surface area (Å²) in [6.45, 7) is 3.09. The molecule has 1 heterocycles. The second-order valence-electron chi connectivity index (χ2n) is 3.59. The molecule has 0 aliphatic heterocycles. The van der Waals surface area contributed by atoms with E-state index in [1.54, 1.807) is 11.3 Å². The van der Waals surface area contributed by atoms with Crippen LogP contribution in [0.3, 0.4) is 0 Å². The smallest absolute Gasteiger partial charge is 0.224 e. The van der Waals surface area contributed by atoms with Crippen LogP contribution in [-0.4, -0.2) is 19.0 Å². The van der Waals surface area contributed by atoms with Crippen LogP contribution in [0.5, 0.6) is 0 Å². The maximum absolute atomic E-state index is 11.6. The van der Waals surface area contributed by atoms with Crippen molar-refractivity contribution in [1.82, 2.24) is 5.32 Å². The number of hydrogen-bond donors (Lipinski definition) is 2. The van der Waals surface area contributed by atoms with E-state index in [-0.39, 0.29) is 11.8 Å². The summed E-state index contributed by atoms with van der Waals surface area (Å²) < 4.78 is 1.13. The van der Waals surface area contributed by atoms with E-state index in [9.17, 15) is 4.79 Å². The topological polar surface area (TPSA) is 55.1 Å². The molecule has 0 bridgehead atoms. The summed E-state index contributed by atoms with van der Waals surface area (Å²) in [5, 5.41) is 2.91. The van der Waals surface area contributed by atoms with Gasteiger partial charge in [-0.15, -0.1) is 11.3 Å². The van der Waals surface area contributed by atoms with Gasteiger partial charge in [0, 0.05) is 23.9 Å². The Kier molecular flexibility index (Phi) is 6.01. The van der Waals surface area contributed by atoms with Gasteiger partial charge in [-0.3, -0.25) is 4.79 Å². The van der Waals surface area contributed by atoms with Crippen LogP contribution in [0, 0.1) is 5.92 Å². The highest BCUT2D eigenvalue weighted by atomic mass is 79.9. The lowest BCUT2D eigenvalue weighted by atomic mass is 10.1. The quantitative estimate of drug-likeness (QED) is 0.846. The number of carbonyl (C=O) groups excluding carboxylic acids is 1. The van der Waals surface area contributed by atoms with Crippen LogP contribution in [0.1, 0.15) is 18.2 Å². The molecule has 1 unspecified atom stereocenters. The Labute approximate surface area is 109 Å². The number of hydrogen-bond acceptors (Lipinski definition) is 3. The maximum atomic E-state index is 11.6. The standard InChI is InChI=1S/C11H17BrN2OS/c1-2-8(7-13)11(15)14-6-5-9-3-4-10(12)16-9/h3-4,8H,2,5-7,13H2,1H3,(H,14,15). The number of halogens is 1. The van der Waals surface area contributed by atoms with Gasteiger partial charge in [-0.2, -0.15) is 0 Å². The zero-order valence-corrected chi connectivity index (χ0v) is 11.7. The molecule has 90 valence electrons. The van der Waals surface area contributed by atoms with Crippen molar-refractivity contribution in [1.29, 1.82) is 0 Å². The van der Waals surface area contributed by atoms with Crippen LogP contribution >= 0.6 is 27.3 Å². The molecular weight excluding hydrogens is 288 g/mol. The Morgan fingerprint density at radius 3 is 2.88 bits per heavy atom. The third-order valence-corrected chi connectivity index (χ3v) is 4.13. The number of thiophene rings is 1. The van der Waals surface area contributed by atoms with E-state index in [4.69, 9.17) is 5.73 Å². The van der Waals surface area contributed by atoms with Gasteiger partial charge in [0.2, 0.25) is 5.91 Å². The fourth-order valence-electron chi connectivity index (χ4n) is 1.40. The molecule has 16 heavy (non-hydrogen) atoms. The Bertz CT molecular complexity index is 336. The molecule has 5 heteroatoms. The zero-order chi connectivity index (χ0) is 12.0. The van der Waals surface area contributed by atoms with Gasteiger partial charge in [0.25, 0.3) is 0 Å². The van der Waals surface area contributed by atoms with E-state index in [2.05, 4.69) is 27.3 Å². The van der Waals surface area contributed by atoms with Gasteiger partial charge in [-0.25, -0.2) is 0 Å². The van der Waals surface area contributed by atoms with Crippen molar-refractivity contribution in [3.63, 3.8) is 0 Å². The molecule has 1 atom stereocenters. The highest BCUT2D eigenvalue weighted by Crippen LogP contribution is 2.22. The van der Waals surface area contributed by atoms with Gasteiger partial charge in [0.05, 0.1) is 3.79 Å². The third kappa shape index (κ3) is 4.23. The minimum atomic E-state index is -0.0462. The highest BCUT2D eigenvalue weighted by molar-refractivity contribution is 9.11. The Morgan fingerprint density at radius 1 is 1.62 bits per heavy atom. The van der Waals surface area contributed by atoms with Crippen molar-refractivity contribution in [3.05, 3.63) is 20.8 Å². The molecule has 0 aliphatic carbocycles. The fraction of sp³-hybridized carbons (Fsp3) is 0.545. The summed E-state index contributed by atoms with van der Waals surface area (Å²) in [6, 6.07) is 4.09. The van der Waals surface area contributed by atoms with E-state index >= 15 is 0 Å². The van der Waals surface area contributed by atoms with Crippen LogP contribution in [0.25, 0.3) is 0 Å². The minimum absolute atomic E-state index is 0.0462. The first-order valence-electron chi connectivity index (χ1n) is 5.39. The molecule has 3 N–H and O–H groups in total. The average molecular weight is 305 g/mol. The monoisotopic (exact) mass is 304 g/mol. The molecular formula is C11H17BrN2OS. The van der Waals surface area contributed by atoms with Gasteiger partial charge in [-0.1, -0.05) is 6.92 Å². The second kappa shape index (κ2) is 7.04. The van der Waals surface area contributed by atoms with Crippen LogP contribution in [0.4, 0.5) is 0 Å². The number of rotatable bonds is 6. The Morgan fingerprint density at radius 2 is 2.38 bits per heavy atom. The van der Waals surface area contributed by atoms with E-state index in [1.807, 2.05) is 13.0 Å². The lowest BCUT2D eigenvalue weighted by Gasteiger charge is -2.11. The molecule has 1 amide bonds. The van der Waals surface area contributed by atoms with E-state index in [0.29, 0.717) is 13.1 Å². The molecule has 0 aromatic carbocycles. The summed E-state index contributed by atoms with van der Waals surface area (Å²) >= 11 is 5.11. The zero-order valence-electron chi connectivity index (χ0n) is 9.33. The second-order valence-corrected chi connectivity index (χ2v) is 6.14. The number of carbonyl (C=O) groups is 1. The first-order valence-corrected chi connectivity index (χ1v) is 7.00. The lowest BCUT2D eigenvalue weighted by molar-refractivity contribution is -0.124. The third-order valence-electron chi connectivity index (χ3n) is 2.45. The molecule has 0 saturated carbocycles. The van der Waals surface area contributed by atoms with Crippen molar-refractivity contribution >= 4 is 33.2 Å². The van der Waals surface area contributed by atoms with Gasteiger partial charge in [-0.05, 0) is 40.9 Å². The summed E-state index contributed by atoms with van der Waals surface area (Å²) in [5.74, 6) is 0.0238. The van der Waals surface area contributed by atoms with Gasteiger partial charge in [0.15, 0.2) is 0 Å². The number of nitrogens with one attached hydrogen (secondary N) is 1. The SMILES string of the molecule is CCC(CN)C(=O)NCCc1ccc(Br)s1. The molecule has 0 spiro atoms. The fourth-order valence-corrected chi connectivity index (χ4v) is 2.88. The van der Waals surface area contributed by atoms with Gasteiger partial charge >= 0.3 is 0 Å². The Balaban J connectivity index is 2.27. The van der Waals surface area contributed by atoms with Crippen molar-refractivity contribution in [2.24, 2.45) is 11.7 Å². The maximum Gasteiger partial charge on any atom is 0.224 e. The highest BCUT2D eigenvalue weighted by Gasteiger charge is 2.13. The Hall–Kier alpha value is -0.390. The minimum Gasteiger partial charge on any atom is -0.355 e. The summed E-state index contributed by atoms with van der Waals surface area (Å²) in [5.41, 5.74) is 5.51.